The van der Waals surface area contributed by atoms with Crippen molar-refractivity contribution < 1.29 is 9.59 Å². The van der Waals surface area contributed by atoms with Crippen LogP contribution < -0.4 is 5.32 Å². The average Bonchev–Trinajstić information content (AvgIpc) is 3.29. The van der Waals surface area contributed by atoms with Gasteiger partial charge in [0.1, 0.15) is 0 Å². The van der Waals surface area contributed by atoms with Gasteiger partial charge in [-0.05, 0) is 31.4 Å². The fraction of sp³-hybridized carbons (Fsp3) is 0.286. The maximum atomic E-state index is 13.1. The van der Waals surface area contributed by atoms with E-state index in [0.29, 0.717) is 24.1 Å². The number of rotatable bonds is 5. The van der Waals surface area contributed by atoms with Crippen LogP contribution in [0.4, 0.5) is 0 Å². The van der Waals surface area contributed by atoms with Gasteiger partial charge in [-0.15, -0.1) is 0 Å². The highest BCUT2D eigenvalue weighted by Crippen LogP contribution is 2.27. The summed E-state index contributed by atoms with van der Waals surface area (Å²) in [7, 11) is 0. The molecule has 1 amide bonds. The Morgan fingerprint density at radius 1 is 1.26 bits per heavy atom. The number of Topliss-reactive ketones (excluding diaryl/α,β-unsaturated/α-hetero) is 1. The third-order valence-corrected chi connectivity index (χ3v) is 5.04. The summed E-state index contributed by atoms with van der Waals surface area (Å²) in [5.74, 6) is -0.171. The summed E-state index contributed by atoms with van der Waals surface area (Å²) in [4.78, 5) is 28.8. The molecule has 0 radical (unpaired) electrons. The monoisotopic (exact) mass is 362 g/mol. The standard InChI is InChI=1S/C21H22N4O2/c1-14-19(20-16(23-14)9-5-10-18(20)26)21(27)24-17(13-25-12-6-11-22-25)15-7-3-2-4-8-15/h2-4,6-8,11-12,17,23H,5,9-10,13H2,1H3,(H,24,27)/t17-/m0/s1. The van der Waals surface area contributed by atoms with Gasteiger partial charge in [-0.25, -0.2) is 0 Å². The van der Waals surface area contributed by atoms with Crippen molar-refractivity contribution in [3.8, 4) is 0 Å². The first-order chi connectivity index (χ1) is 13.1. The minimum Gasteiger partial charge on any atom is -0.361 e. The molecule has 3 aromatic rings. The van der Waals surface area contributed by atoms with Gasteiger partial charge in [-0.1, -0.05) is 30.3 Å². The topological polar surface area (TPSA) is 79.8 Å². The lowest BCUT2D eigenvalue weighted by molar-refractivity contribution is 0.0912. The van der Waals surface area contributed by atoms with Crippen molar-refractivity contribution in [3.63, 3.8) is 0 Å². The molecule has 6 nitrogen and oxygen atoms in total. The summed E-state index contributed by atoms with van der Waals surface area (Å²) in [5, 5.41) is 7.37. The van der Waals surface area contributed by atoms with Crippen molar-refractivity contribution in [1.29, 1.82) is 0 Å². The number of nitrogens with one attached hydrogen (secondary N) is 2. The number of ketones is 1. The first-order valence-electron chi connectivity index (χ1n) is 9.21. The van der Waals surface area contributed by atoms with Crippen LogP contribution in [-0.2, 0) is 13.0 Å². The normalized spacial score (nSPS) is 14.6. The molecule has 1 atom stereocenters. The van der Waals surface area contributed by atoms with Gasteiger partial charge in [-0.3, -0.25) is 14.3 Å². The van der Waals surface area contributed by atoms with Crippen molar-refractivity contribution in [2.75, 3.05) is 0 Å². The molecule has 138 valence electrons. The van der Waals surface area contributed by atoms with Gasteiger partial charge in [0.2, 0.25) is 0 Å². The zero-order chi connectivity index (χ0) is 18.8. The van der Waals surface area contributed by atoms with E-state index < -0.39 is 0 Å². The second kappa shape index (κ2) is 7.23. The molecule has 0 saturated carbocycles. The highest BCUT2D eigenvalue weighted by atomic mass is 16.2. The van der Waals surface area contributed by atoms with Crippen LogP contribution in [-0.4, -0.2) is 26.5 Å². The first kappa shape index (κ1) is 17.3. The number of nitrogens with zero attached hydrogens (tertiary/aromatic N) is 2. The minimum absolute atomic E-state index is 0.0501. The number of fused-ring (bicyclic) bond motifs is 1. The van der Waals surface area contributed by atoms with E-state index in [4.69, 9.17) is 0 Å². The summed E-state index contributed by atoms with van der Waals surface area (Å²) >= 11 is 0. The van der Waals surface area contributed by atoms with E-state index in [2.05, 4.69) is 15.4 Å². The van der Waals surface area contributed by atoms with Gasteiger partial charge in [0.15, 0.2) is 5.78 Å². The van der Waals surface area contributed by atoms with Crippen molar-refractivity contribution in [2.45, 2.75) is 38.8 Å². The van der Waals surface area contributed by atoms with Crippen molar-refractivity contribution in [2.24, 2.45) is 0 Å². The highest BCUT2D eigenvalue weighted by Gasteiger charge is 2.29. The Morgan fingerprint density at radius 3 is 2.81 bits per heavy atom. The lowest BCUT2D eigenvalue weighted by Gasteiger charge is -2.20. The number of benzene rings is 1. The summed E-state index contributed by atoms with van der Waals surface area (Å²) in [6, 6.07) is 11.4. The SMILES string of the molecule is Cc1[nH]c2c(c1C(=O)N[C@@H](Cn1cccn1)c1ccccc1)C(=O)CCC2. The van der Waals surface area contributed by atoms with Crippen LogP contribution in [0.2, 0.25) is 0 Å². The lowest BCUT2D eigenvalue weighted by Crippen LogP contribution is -2.33. The minimum atomic E-state index is -0.248. The third kappa shape index (κ3) is 3.43. The van der Waals surface area contributed by atoms with Crippen molar-refractivity contribution >= 4 is 11.7 Å². The maximum absolute atomic E-state index is 13.1. The summed E-state index contributed by atoms with van der Waals surface area (Å²) in [6.45, 7) is 2.37. The molecule has 2 N–H and O–H groups in total. The molecule has 6 heteroatoms. The third-order valence-electron chi connectivity index (χ3n) is 5.04. The van der Waals surface area contributed by atoms with E-state index >= 15 is 0 Å². The Kier molecular flexibility index (Phi) is 4.62. The Morgan fingerprint density at radius 2 is 2.07 bits per heavy atom. The molecule has 0 fully saturated rings. The van der Waals surface area contributed by atoms with Gasteiger partial charge < -0.3 is 10.3 Å². The van der Waals surface area contributed by atoms with E-state index in [-0.39, 0.29) is 17.7 Å². The van der Waals surface area contributed by atoms with Gasteiger partial charge in [-0.2, -0.15) is 5.10 Å². The van der Waals surface area contributed by atoms with E-state index in [9.17, 15) is 9.59 Å². The van der Waals surface area contributed by atoms with E-state index in [1.165, 1.54) is 0 Å². The molecule has 1 aliphatic carbocycles. The molecule has 4 rings (SSSR count). The molecular weight excluding hydrogens is 340 g/mol. The quantitative estimate of drug-likeness (QED) is 0.731. The van der Waals surface area contributed by atoms with E-state index in [0.717, 1.165) is 29.8 Å². The largest absolute Gasteiger partial charge is 0.361 e. The molecule has 2 heterocycles. The average molecular weight is 362 g/mol. The first-order valence-corrected chi connectivity index (χ1v) is 9.21. The van der Waals surface area contributed by atoms with Gasteiger partial charge in [0.05, 0.1) is 23.7 Å². The Labute approximate surface area is 157 Å². The predicted molar refractivity (Wildman–Crippen MR) is 102 cm³/mol. The molecule has 0 saturated heterocycles. The van der Waals surface area contributed by atoms with Crippen LogP contribution >= 0.6 is 0 Å². The lowest BCUT2D eigenvalue weighted by atomic mass is 9.92. The molecule has 1 aliphatic rings. The van der Waals surface area contributed by atoms with Crippen LogP contribution in [0, 0.1) is 6.92 Å². The number of aromatic amines is 1. The molecular formula is C21H22N4O2. The number of hydrogen-bond donors (Lipinski definition) is 2. The van der Waals surface area contributed by atoms with E-state index in [1.54, 1.807) is 10.9 Å². The van der Waals surface area contributed by atoms with Gasteiger partial charge >= 0.3 is 0 Å². The number of carbonyl (C=O) groups is 2. The molecule has 2 aromatic heterocycles. The van der Waals surface area contributed by atoms with Crippen molar-refractivity contribution in [1.82, 2.24) is 20.1 Å². The Hall–Kier alpha value is -3.15. The number of aryl methyl sites for hydroxylation is 2. The Balaban J connectivity index is 1.65. The smallest absolute Gasteiger partial charge is 0.254 e. The number of aromatic nitrogens is 3. The second-order valence-corrected chi connectivity index (χ2v) is 6.92. The summed E-state index contributed by atoms with van der Waals surface area (Å²) < 4.78 is 1.79. The molecule has 1 aromatic carbocycles. The zero-order valence-corrected chi connectivity index (χ0v) is 15.2. The molecule has 27 heavy (non-hydrogen) atoms. The number of hydrogen-bond acceptors (Lipinski definition) is 3. The van der Waals surface area contributed by atoms with Gasteiger partial charge in [0.25, 0.3) is 5.91 Å². The van der Waals surface area contributed by atoms with Crippen LogP contribution in [0.15, 0.2) is 48.8 Å². The van der Waals surface area contributed by atoms with Crippen LogP contribution in [0.3, 0.4) is 0 Å². The van der Waals surface area contributed by atoms with Crippen molar-refractivity contribution in [3.05, 3.63) is 76.9 Å². The second-order valence-electron chi connectivity index (χ2n) is 6.92. The highest BCUT2D eigenvalue weighted by molar-refractivity contribution is 6.10. The van der Waals surface area contributed by atoms with E-state index in [1.807, 2.05) is 49.5 Å². The van der Waals surface area contributed by atoms with Crippen LogP contribution in [0.1, 0.15) is 56.6 Å². The molecule has 0 unspecified atom stereocenters. The molecule has 0 spiro atoms. The predicted octanol–water partition coefficient (Wildman–Crippen LogP) is 3.21. The van der Waals surface area contributed by atoms with Crippen LogP contribution in [0.5, 0.6) is 0 Å². The zero-order valence-electron chi connectivity index (χ0n) is 15.2. The maximum Gasteiger partial charge on any atom is 0.254 e. The Bertz CT molecular complexity index is 958. The summed E-state index contributed by atoms with van der Waals surface area (Å²) in [6.07, 6.45) is 5.73. The summed E-state index contributed by atoms with van der Waals surface area (Å²) in [5.41, 5.74) is 3.68. The molecule has 0 aliphatic heterocycles. The number of H-pyrrole nitrogens is 1. The molecule has 0 bridgehead atoms. The fourth-order valence-electron chi connectivity index (χ4n) is 3.77. The van der Waals surface area contributed by atoms with Gasteiger partial charge in [0, 0.05) is 30.2 Å². The fourth-order valence-corrected chi connectivity index (χ4v) is 3.77. The number of amides is 1. The van der Waals surface area contributed by atoms with Crippen LogP contribution in [0.25, 0.3) is 0 Å². The number of carbonyl (C=O) groups excluding carboxylic acids is 2.